The normalized spacial score (nSPS) is 10.2. The summed E-state index contributed by atoms with van der Waals surface area (Å²) < 4.78 is 0. The van der Waals surface area contributed by atoms with E-state index in [-0.39, 0.29) is 0 Å². The van der Waals surface area contributed by atoms with Crippen LogP contribution in [0, 0.1) is 6.92 Å². The molecule has 2 aromatic carbocycles. The molecule has 4 N–H and O–H groups in total. The monoisotopic (exact) mass is 226 g/mol. The average Bonchev–Trinajstić information content (AvgIpc) is 2.30. The lowest BCUT2D eigenvalue weighted by Gasteiger charge is -2.11. The molecule has 0 bridgehead atoms. The first-order valence-electron chi connectivity index (χ1n) is 5.35. The molecule has 2 aromatic rings. The van der Waals surface area contributed by atoms with Gasteiger partial charge in [-0.3, -0.25) is 4.79 Å². The van der Waals surface area contributed by atoms with Gasteiger partial charge in [0.15, 0.2) is 0 Å². The zero-order valence-electron chi connectivity index (χ0n) is 9.60. The summed E-state index contributed by atoms with van der Waals surface area (Å²) in [7, 11) is 0. The van der Waals surface area contributed by atoms with Crippen LogP contribution in [0.4, 0.5) is 5.69 Å². The number of hydrogen-bond acceptors (Lipinski definition) is 2. The van der Waals surface area contributed by atoms with Crippen molar-refractivity contribution in [2.75, 3.05) is 5.73 Å². The molecule has 0 saturated carbocycles. The van der Waals surface area contributed by atoms with Crippen LogP contribution in [-0.4, -0.2) is 5.91 Å². The predicted octanol–water partition coefficient (Wildman–Crippen LogP) is 2.34. The van der Waals surface area contributed by atoms with Gasteiger partial charge in [0.1, 0.15) is 0 Å². The molecule has 0 fully saturated rings. The SMILES string of the molecule is Cc1ccccc1-c1cccc(C(N)=O)c1N. The zero-order chi connectivity index (χ0) is 12.4. The molecule has 0 aliphatic rings. The highest BCUT2D eigenvalue weighted by molar-refractivity contribution is 6.01. The number of aryl methyl sites for hydroxylation is 1. The lowest BCUT2D eigenvalue weighted by molar-refractivity contribution is 0.100. The zero-order valence-corrected chi connectivity index (χ0v) is 9.60. The van der Waals surface area contributed by atoms with Crippen molar-refractivity contribution in [1.82, 2.24) is 0 Å². The number of benzene rings is 2. The first-order valence-corrected chi connectivity index (χ1v) is 5.35. The fourth-order valence-electron chi connectivity index (χ4n) is 1.89. The first-order chi connectivity index (χ1) is 8.11. The third-order valence-corrected chi connectivity index (χ3v) is 2.81. The number of nitrogen functional groups attached to an aromatic ring is 1. The maximum absolute atomic E-state index is 11.2. The lowest BCUT2D eigenvalue weighted by Crippen LogP contribution is -2.13. The molecule has 0 atom stereocenters. The van der Waals surface area contributed by atoms with Crippen LogP contribution in [0.5, 0.6) is 0 Å². The number of para-hydroxylation sites is 1. The molecule has 0 aromatic heterocycles. The highest BCUT2D eigenvalue weighted by Gasteiger charge is 2.11. The van der Waals surface area contributed by atoms with Gasteiger partial charge in [0.2, 0.25) is 0 Å². The second-order valence-corrected chi connectivity index (χ2v) is 3.95. The molecule has 0 aliphatic heterocycles. The Morgan fingerprint density at radius 2 is 1.65 bits per heavy atom. The highest BCUT2D eigenvalue weighted by atomic mass is 16.1. The number of amides is 1. The molecule has 3 nitrogen and oxygen atoms in total. The summed E-state index contributed by atoms with van der Waals surface area (Å²) in [5.41, 5.74) is 15.1. The van der Waals surface area contributed by atoms with E-state index in [0.717, 1.165) is 16.7 Å². The molecule has 17 heavy (non-hydrogen) atoms. The smallest absolute Gasteiger partial charge is 0.250 e. The molecular weight excluding hydrogens is 212 g/mol. The van der Waals surface area contributed by atoms with E-state index in [4.69, 9.17) is 11.5 Å². The van der Waals surface area contributed by atoms with E-state index in [1.165, 1.54) is 0 Å². The minimum atomic E-state index is -0.502. The second kappa shape index (κ2) is 4.29. The summed E-state index contributed by atoms with van der Waals surface area (Å²) in [6, 6.07) is 13.2. The van der Waals surface area contributed by atoms with Gasteiger partial charge in [-0.25, -0.2) is 0 Å². The Kier molecular flexibility index (Phi) is 2.83. The van der Waals surface area contributed by atoms with Crippen molar-refractivity contribution in [3.8, 4) is 11.1 Å². The van der Waals surface area contributed by atoms with Gasteiger partial charge < -0.3 is 11.5 Å². The minimum Gasteiger partial charge on any atom is -0.398 e. The quantitative estimate of drug-likeness (QED) is 0.772. The van der Waals surface area contributed by atoms with Crippen molar-refractivity contribution in [2.45, 2.75) is 6.92 Å². The van der Waals surface area contributed by atoms with Crippen molar-refractivity contribution >= 4 is 11.6 Å². The predicted molar refractivity (Wildman–Crippen MR) is 69.5 cm³/mol. The summed E-state index contributed by atoms with van der Waals surface area (Å²) >= 11 is 0. The van der Waals surface area contributed by atoms with Crippen LogP contribution >= 0.6 is 0 Å². The summed E-state index contributed by atoms with van der Waals surface area (Å²) in [6.45, 7) is 2.01. The van der Waals surface area contributed by atoms with Gasteiger partial charge in [0, 0.05) is 5.56 Å². The fraction of sp³-hybridized carbons (Fsp3) is 0.0714. The molecule has 0 aliphatic carbocycles. The maximum Gasteiger partial charge on any atom is 0.250 e. The fourth-order valence-corrected chi connectivity index (χ4v) is 1.89. The van der Waals surface area contributed by atoms with Gasteiger partial charge in [-0.15, -0.1) is 0 Å². The molecule has 0 radical (unpaired) electrons. The van der Waals surface area contributed by atoms with Crippen LogP contribution in [0.15, 0.2) is 42.5 Å². The van der Waals surface area contributed by atoms with Gasteiger partial charge in [0.05, 0.1) is 11.3 Å². The number of hydrogen-bond donors (Lipinski definition) is 2. The second-order valence-electron chi connectivity index (χ2n) is 3.95. The summed E-state index contributed by atoms with van der Waals surface area (Å²) in [5, 5.41) is 0. The molecule has 0 heterocycles. The van der Waals surface area contributed by atoms with Gasteiger partial charge in [0.25, 0.3) is 5.91 Å². The van der Waals surface area contributed by atoms with Crippen LogP contribution in [0.1, 0.15) is 15.9 Å². The van der Waals surface area contributed by atoms with Crippen molar-refractivity contribution in [3.63, 3.8) is 0 Å². The molecule has 2 rings (SSSR count). The highest BCUT2D eigenvalue weighted by Crippen LogP contribution is 2.30. The molecule has 86 valence electrons. The Morgan fingerprint density at radius 3 is 2.29 bits per heavy atom. The molecule has 1 amide bonds. The van der Waals surface area contributed by atoms with E-state index < -0.39 is 5.91 Å². The average molecular weight is 226 g/mol. The van der Waals surface area contributed by atoms with E-state index >= 15 is 0 Å². The van der Waals surface area contributed by atoms with E-state index in [9.17, 15) is 4.79 Å². The van der Waals surface area contributed by atoms with Crippen LogP contribution in [0.3, 0.4) is 0 Å². The number of anilines is 1. The minimum absolute atomic E-state index is 0.366. The number of rotatable bonds is 2. The molecular formula is C14H14N2O. The Labute approximate surface area is 100 Å². The van der Waals surface area contributed by atoms with Gasteiger partial charge in [-0.2, -0.15) is 0 Å². The first kappa shape index (κ1) is 11.2. The van der Waals surface area contributed by atoms with Crippen LogP contribution < -0.4 is 11.5 Å². The lowest BCUT2D eigenvalue weighted by atomic mass is 9.96. The standard InChI is InChI=1S/C14H14N2O/c1-9-5-2-3-6-10(9)11-7-4-8-12(13(11)15)14(16)17/h2-8H,15H2,1H3,(H2,16,17). The van der Waals surface area contributed by atoms with Crippen LogP contribution in [-0.2, 0) is 0 Å². The van der Waals surface area contributed by atoms with Gasteiger partial charge in [-0.05, 0) is 24.1 Å². The van der Waals surface area contributed by atoms with Crippen molar-refractivity contribution in [1.29, 1.82) is 0 Å². The largest absolute Gasteiger partial charge is 0.398 e. The van der Waals surface area contributed by atoms with Crippen molar-refractivity contribution < 1.29 is 4.79 Å². The molecule has 0 saturated heterocycles. The summed E-state index contributed by atoms with van der Waals surface area (Å²) in [4.78, 5) is 11.2. The Balaban J connectivity index is 2.65. The van der Waals surface area contributed by atoms with E-state index in [1.807, 2.05) is 37.3 Å². The van der Waals surface area contributed by atoms with E-state index in [2.05, 4.69) is 0 Å². The van der Waals surface area contributed by atoms with Crippen LogP contribution in [0.25, 0.3) is 11.1 Å². The Bertz CT molecular complexity index is 576. The maximum atomic E-state index is 11.2. The third-order valence-electron chi connectivity index (χ3n) is 2.81. The molecule has 0 unspecified atom stereocenters. The third kappa shape index (κ3) is 1.99. The number of carbonyl (C=O) groups excluding carboxylic acids is 1. The topological polar surface area (TPSA) is 69.1 Å². The van der Waals surface area contributed by atoms with E-state index in [0.29, 0.717) is 11.3 Å². The van der Waals surface area contributed by atoms with Crippen molar-refractivity contribution in [3.05, 3.63) is 53.6 Å². The molecule has 0 spiro atoms. The molecule has 3 heteroatoms. The summed E-state index contributed by atoms with van der Waals surface area (Å²) in [6.07, 6.45) is 0. The number of primary amides is 1. The van der Waals surface area contributed by atoms with Crippen molar-refractivity contribution in [2.24, 2.45) is 5.73 Å². The van der Waals surface area contributed by atoms with E-state index in [1.54, 1.807) is 12.1 Å². The van der Waals surface area contributed by atoms with Crippen LogP contribution in [0.2, 0.25) is 0 Å². The summed E-state index contributed by atoms with van der Waals surface area (Å²) in [5.74, 6) is -0.502. The number of carbonyl (C=O) groups is 1. The van der Waals surface area contributed by atoms with Gasteiger partial charge in [-0.1, -0.05) is 36.4 Å². The number of nitrogens with two attached hydrogens (primary N) is 2. The Morgan fingerprint density at radius 1 is 1.00 bits per heavy atom. The van der Waals surface area contributed by atoms with Gasteiger partial charge >= 0.3 is 0 Å². The Hall–Kier alpha value is -2.29.